The van der Waals surface area contributed by atoms with E-state index in [9.17, 15) is 13.2 Å². The van der Waals surface area contributed by atoms with Crippen LogP contribution in [-0.4, -0.2) is 65.7 Å². The fourth-order valence-corrected chi connectivity index (χ4v) is 4.10. The summed E-state index contributed by atoms with van der Waals surface area (Å²) in [4.78, 5) is 14.3. The van der Waals surface area contributed by atoms with Crippen molar-refractivity contribution in [1.29, 1.82) is 0 Å². The summed E-state index contributed by atoms with van der Waals surface area (Å²) in [5, 5.41) is 4.49. The molecular formula is C17H21BrN4O3S. The molecule has 2 aromatic rings. The minimum Gasteiger partial charge on any atom is -0.336 e. The van der Waals surface area contributed by atoms with Crippen LogP contribution in [0.2, 0.25) is 0 Å². The van der Waals surface area contributed by atoms with Crippen LogP contribution in [0.15, 0.2) is 28.7 Å². The standard InChI is InChI=1S/C17H21BrN4O3S/c1-12-16(18)13(2)22(19-12)15-6-4-14(5-7-15)17(23)20-8-10-21(11-9-20)26(3,24)25/h4-7H,8-11H2,1-3H3. The molecule has 2 heterocycles. The highest BCUT2D eigenvalue weighted by Crippen LogP contribution is 2.23. The van der Waals surface area contributed by atoms with E-state index in [2.05, 4.69) is 21.0 Å². The Morgan fingerprint density at radius 3 is 2.12 bits per heavy atom. The normalized spacial score (nSPS) is 16.1. The average Bonchev–Trinajstić information content (AvgIpc) is 2.88. The van der Waals surface area contributed by atoms with E-state index in [1.54, 1.807) is 17.0 Å². The first-order chi connectivity index (χ1) is 12.2. The second-order valence-electron chi connectivity index (χ2n) is 6.40. The SMILES string of the molecule is Cc1nn(-c2ccc(C(=O)N3CCN(S(C)(=O)=O)CC3)cc2)c(C)c1Br. The number of piperazine rings is 1. The van der Waals surface area contributed by atoms with Gasteiger partial charge in [0.1, 0.15) is 0 Å². The van der Waals surface area contributed by atoms with Gasteiger partial charge in [0.15, 0.2) is 0 Å². The highest BCUT2D eigenvalue weighted by molar-refractivity contribution is 9.10. The van der Waals surface area contributed by atoms with Crippen molar-refractivity contribution >= 4 is 31.9 Å². The number of aryl methyl sites for hydroxylation is 1. The van der Waals surface area contributed by atoms with Crippen molar-refractivity contribution in [1.82, 2.24) is 19.0 Å². The van der Waals surface area contributed by atoms with Crippen molar-refractivity contribution in [3.63, 3.8) is 0 Å². The second-order valence-corrected chi connectivity index (χ2v) is 9.17. The van der Waals surface area contributed by atoms with Crippen LogP contribution in [0.1, 0.15) is 21.7 Å². The lowest BCUT2D eigenvalue weighted by Gasteiger charge is -2.33. The molecule has 0 N–H and O–H groups in total. The van der Waals surface area contributed by atoms with Gasteiger partial charge in [-0.15, -0.1) is 0 Å². The van der Waals surface area contributed by atoms with E-state index in [0.717, 1.165) is 21.5 Å². The zero-order chi connectivity index (χ0) is 19.1. The van der Waals surface area contributed by atoms with Crippen molar-refractivity contribution in [2.24, 2.45) is 0 Å². The number of amides is 1. The largest absolute Gasteiger partial charge is 0.336 e. The van der Waals surface area contributed by atoms with Gasteiger partial charge in [0.25, 0.3) is 5.91 Å². The topological polar surface area (TPSA) is 75.5 Å². The zero-order valence-corrected chi connectivity index (χ0v) is 17.3. The average molecular weight is 441 g/mol. The predicted molar refractivity (Wildman–Crippen MR) is 103 cm³/mol. The van der Waals surface area contributed by atoms with Crippen LogP contribution in [0.4, 0.5) is 0 Å². The molecule has 9 heteroatoms. The molecule has 26 heavy (non-hydrogen) atoms. The number of carbonyl (C=O) groups excluding carboxylic acids is 1. The second kappa shape index (κ2) is 7.13. The Morgan fingerprint density at radius 2 is 1.65 bits per heavy atom. The Kier molecular flexibility index (Phi) is 5.23. The summed E-state index contributed by atoms with van der Waals surface area (Å²) in [5.74, 6) is -0.0840. The van der Waals surface area contributed by atoms with E-state index in [-0.39, 0.29) is 5.91 Å². The van der Waals surface area contributed by atoms with Crippen LogP contribution in [0.5, 0.6) is 0 Å². The molecule has 0 atom stereocenters. The van der Waals surface area contributed by atoms with E-state index in [0.29, 0.717) is 31.7 Å². The maximum atomic E-state index is 12.7. The van der Waals surface area contributed by atoms with E-state index in [1.807, 2.05) is 30.7 Å². The number of halogens is 1. The Morgan fingerprint density at radius 1 is 1.08 bits per heavy atom. The molecule has 1 aliphatic heterocycles. The van der Waals surface area contributed by atoms with Crippen LogP contribution >= 0.6 is 15.9 Å². The summed E-state index contributed by atoms with van der Waals surface area (Å²) >= 11 is 3.51. The lowest BCUT2D eigenvalue weighted by molar-refractivity contribution is 0.0698. The molecule has 0 spiro atoms. The number of aromatic nitrogens is 2. The number of rotatable bonds is 3. The summed E-state index contributed by atoms with van der Waals surface area (Å²) in [6, 6.07) is 7.30. The van der Waals surface area contributed by atoms with Crippen LogP contribution in [0, 0.1) is 13.8 Å². The lowest BCUT2D eigenvalue weighted by atomic mass is 10.1. The van der Waals surface area contributed by atoms with Gasteiger partial charge in [-0.2, -0.15) is 9.40 Å². The highest BCUT2D eigenvalue weighted by atomic mass is 79.9. The Labute approximate surface area is 161 Å². The molecule has 3 rings (SSSR count). The van der Waals surface area contributed by atoms with Gasteiger partial charge < -0.3 is 4.90 Å². The highest BCUT2D eigenvalue weighted by Gasteiger charge is 2.26. The summed E-state index contributed by atoms with van der Waals surface area (Å²) in [7, 11) is -3.20. The molecule has 1 saturated heterocycles. The Bertz CT molecular complexity index is 930. The van der Waals surface area contributed by atoms with E-state index in [4.69, 9.17) is 0 Å². The van der Waals surface area contributed by atoms with Gasteiger partial charge in [-0.25, -0.2) is 13.1 Å². The van der Waals surface area contributed by atoms with E-state index < -0.39 is 10.0 Å². The van der Waals surface area contributed by atoms with Gasteiger partial charge in [-0.1, -0.05) is 0 Å². The van der Waals surface area contributed by atoms with Crippen molar-refractivity contribution in [2.75, 3.05) is 32.4 Å². The molecule has 1 aromatic carbocycles. The first kappa shape index (κ1) is 19.1. The number of nitrogens with zero attached hydrogens (tertiary/aromatic N) is 4. The number of sulfonamides is 1. The maximum absolute atomic E-state index is 12.7. The predicted octanol–water partition coefficient (Wildman–Crippen LogP) is 1.97. The quantitative estimate of drug-likeness (QED) is 0.730. The Balaban J connectivity index is 1.73. The number of hydrogen-bond acceptors (Lipinski definition) is 4. The smallest absolute Gasteiger partial charge is 0.253 e. The van der Waals surface area contributed by atoms with Crippen LogP contribution in [-0.2, 0) is 10.0 Å². The summed E-state index contributed by atoms with van der Waals surface area (Å²) in [6.45, 7) is 5.38. The van der Waals surface area contributed by atoms with Gasteiger partial charge >= 0.3 is 0 Å². The van der Waals surface area contributed by atoms with Crippen LogP contribution in [0.25, 0.3) is 5.69 Å². The molecule has 7 nitrogen and oxygen atoms in total. The molecule has 0 aliphatic carbocycles. The minimum absolute atomic E-state index is 0.0840. The van der Waals surface area contributed by atoms with Crippen molar-refractivity contribution in [3.05, 3.63) is 45.7 Å². The molecule has 0 radical (unpaired) electrons. The van der Waals surface area contributed by atoms with Crippen molar-refractivity contribution in [3.8, 4) is 5.69 Å². The molecule has 1 amide bonds. The summed E-state index contributed by atoms with van der Waals surface area (Å²) in [5.41, 5.74) is 3.38. The van der Waals surface area contributed by atoms with Gasteiger partial charge in [0, 0.05) is 31.7 Å². The lowest BCUT2D eigenvalue weighted by Crippen LogP contribution is -2.50. The number of benzene rings is 1. The third-order valence-corrected chi connectivity index (χ3v) is 7.01. The molecular weight excluding hydrogens is 420 g/mol. The van der Waals surface area contributed by atoms with Crippen LogP contribution < -0.4 is 0 Å². The summed E-state index contributed by atoms with van der Waals surface area (Å²) in [6.07, 6.45) is 1.19. The van der Waals surface area contributed by atoms with Crippen molar-refractivity contribution in [2.45, 2.75) is 13.8 Å². The van der Waals surface area contributed by atoms with Gasteiger partial charge in [-0.3, -0.25) is 4.79 Å². The zero-order valence-electron chi connectivity index (χ0n) is 14.9. The third kappa shape index (κ3) is 3.70. The van der Waals surface area contributed by atoms with Crippen molar-refractivity contribution < 1.29 is 13.2 Å². The summed E-state index contributed by atoms with van der Waals surface area (Å²) < 4.78 is 27.3. The molecule has 1 aromatic heterocycles. The molecule has 1 fully saturated rings. The van der Waals surface area contributed by atoms with E-state index >= 15 is 0 Å². The first-order valence-electron chi connectivity index (χ1n) is 8.25. The fourth-order valence-electron chi connectivity index (χ4n) is 3.03. The fraction of sp³-hybridized carbons (Fsp3) is 0.412. The Hall–Kier alpha value is -1.71. The molecule has 0 saturated carbocycles. The van der Waals surface area contributed by atoms with Crippen LogP contribution in [0.3, 0.4) is 0 Å². The van der Waals surface area contributed by atoms with Gasteiger partial charge in [0.2, 0.25) is 10.0 Å². The van der Waals surface area contributed by atoms with Gasteiger partial charge in [-0.05, 0) is 54.0 Å². The molecule has 140 valence electrons. The first-order valence-corrected chi connectivity index (χ1v) is 10.9. The number of carbonyl (C=O) groups is 1. The molecule has 0 unspecified atom stereocenters. The number of hydrogen-bond donors (Lipinski definition) is 0. The maximum Gasteiger partial charge on any atom is 0.253 e. The monoisotopic (exact) mass is 440 g/mol. The minimum atomic E-state index is -3.20. The third-order valence-electron chi connectivity index (χ3n) is 4.56. The van der Waals surface area contributed by atoms with E-state index in [1.165, 1.54) is 10.6 Å². The molecule has 1 aliphatic rings. The van der Waals surface area contributed by atoms with Gasteiger partial charge in [0.05, 0.1) is 27.8 Å². The molecule has 0 bridgehead atoms.